The molecule has 0 radical (unpaired) electrons. The van der Waals surface area contributed by atoms with Gasteiger partial charge in [-0.2, -0.15) is 0 Å². The minimum Gasteiger partial charge on any atom is -0.393 e. The fourth-order valence-electron chi connectivity index (χ4n) is 3.27. The summed E-state index contributed by atoms with van der Waals surface area (Å²) in [4.78, 5) is 8.52. The van der Waals surface area contributed by atoms with Crippen LogP contribution in [0.1, 0.15) is 56.9 Å². The van der Waals surface area contributed by atoms with Gasteiger partial charge in [-0.05, 0) is 62.1 Å². The Labute approximate surface area is 179 Å². The summed E-state index contributed by atoms with van der Waals surface area (Å²) in [6, 6.07) is 4.24. The standard InChI is InChI=1S/C12H20FN5S.C9H8F2/c1-2-5-19-12-17-10(15)9(14)11(18-12)16-8-4-3-7(13)6-8;10-8-4-3-7(5-9(8)11)6-1-2-6/h7-8H,2-6,14H2,1H3,(H3,15,16,17,18);3-6H,1-2H2. The molecule has 2 fully saturated rings. The fraction of sp³-hybridized carbons (Fsp3) is 0.524. The normalized spacial score (nSPS) is 20.5. The number of halogens is 3. The van der Waals surface area contributed by atoms with E-state index in [0.29, 0.717) is 35.4 Å². The number of nitrogens with one attached hydrogen (secondary N) is 1. The number of aromatic nitrogens is 2. The van der Waals surface area contributed by atoms with Crippen molar-refractivity contribution in [3.63, 3.8) is 0 Å². The van der Waals surface area contributed by atoms with Gasteiger partial charge < -0.3 is 16.8 Å². The molecule has 2 saturated carbocycles. The van der Waals surface area contributed by atoms with Crippen molar-refractivity contribution in [1.82, 2.24) is 9.97 Å². The van der Waals surface area contributed by atoms with Crippen LogP contribution in [0.5, 0.6) is 0 Å². The first kappa shape index (κ1) is 22.5. The van der Waals surface area contributed by atoms with Crippen molar-refractivity contribution in [3.05, 3.63) is 35.4 Å². The smallest absolute Gasteiger partial charge is 0.191 e. The second-order valence-corrected chi connectivity index (χ2v) is 8.76. The SMILES string of the molecule is CCCSc1nc(N)c(N)c(NC2CCC(F)C2)n1.Fc1ccc(C2CC2)cc1F. The number of hydrogen-bond acceptors (Lipinski definition) is 6. The zero-order valence-corrected chi connectivity index (χ0v) is 17.8. The number of nitrogens with zero attached hydrogens (tertiary/aromatic N) is 2. The fourth-order valence-corrected chi connectivity index (χ4v) is 3.97. The Kier molecular flexibility index (Phi) is 7.69. The zero-order valence-electron chi connectivity index (χ0n) is 17.0. The Morgan fingerprint density at radius 2 is 1.87 bits per heavy atom. The molecule has 2 aromatic rings. The first-order valence-electron chi connectivity index (χ1n) is 10.3. The highest BCUT2D eigenvalue weighted by Crippen LogP contribution is 2.40. The van der Waals surface area contributed by atoms with Crippen molar-refractivity contribution >= 4 is 29.1 Å². The highest BCUT2D eigenvalue weighted by molar-refractivity contribution is 7.99. The Hall–Kier alpha value is -2.16. The molecule has 0 bridgehead atoms. The summed E-state index contributed by atoms with van der Waals surface area (Å²) in [5, 5.41) is 3.80. The quantitative estimate of drug-likeness (QED) is 0.419. The predicted molar refractivity (Wildman–Crippen MR) is 116 cm³/mol. The molecule has 2 aliphatic carbocycles. The van der Waals surface area contributed by atoms with Crippen molar-refractivity contribution in [2.24, 2.45) is 0 Å². The van der Waals surface area contributed by atoms with E-state index in [2.05, 4.69) is 22.2 Å². The second-order valence-electron chi connectivity index (χ2n) is 7.70. The maximum atomic E-state index is 13.2. The summed E-state index contributed by atoms with van der Waals surface area (Å²) in [5.41, 5.74) is 13.0. The van der Waals surface area contributed by atoms with Crippen molar-refractivity contribution in [1.29, 1.82) is 0 Å². The van der Waals surface area contributed by atoms with Crippen LogP contribution >= 0.6 is 11.8 Å². The molecule has 4 rings (SSSR count). The molecule has 1 aromatic heterocycles. The second kappa shape index (κ2) is 10.2. The van der Waals surface area contributed by atoms with Crippen molar-refractivity contribution < 1.29 is 13.2 Å². The summed E-state index contributed by atoms with van der Waals surface area (Å²) >= 11 is 1.54. The topological polar surface area (TPSA) is 89.8 Å². The lowest BCUT2D eigenvalue weighted by atomic mass is 10.1. The average molecular weight is 440 g/mol. The van der Waals surface area contributed by atoms with Gasteiger partial charge in [-0.25, -0.2) is 23.1 Å². The van der Waals surface area contributed by atoms with Crippen LogP contribution in [0.3, 0.4) is 0 Å². The highest BCUT2D eigenvalue weighted by Gasteiger charge is 2.25. The van der Waals surface area contributed by atoms with Crippen LogP contribution in [0.15, 0.2) is 23.4 Å². The van der Waals surface area contributed by atoms with Gasteiger partial charge in [0.2, 0.25) is 0 Å². The minimum atomic E-state index is -0.755. The molecule has 0 spiro atoms. The van der Waals surface area contributed by atoms with Crippen molar-refractivity contribution in [3.8, 4) is 0 Å². The molecule has 2 atom stereocenters. The lowest BCUT2D eigenvalue weighted by Crippen LogP contribution is -2.19. The van der Waals surface area contributed by atoms with Crippen LogP contribution in [-0.4, -0.2) is 27.9 Å². The number of alkyl halides is 1. The Bertz CT molecular complexity index is 863. The molecule has 1 heterocycles. The predicted octanol–water partition coefficient (Wildman–Crippen LogP) is 5.29. The number of thioether (sulfide) groups is 1. The van der Waals surface area contributed by atoms with Gasteiger partial charge in [0, 0.05) is 11.8 Å². The average Bonchev–Trinajstić information content (AvgIpc) is 3.49. The Balaban J connectivity index is 0.000000196. The molecule has 5 N–H and O–H groups in total. The molecule has 30 heavy (non-hydrogen) atoms. The van der Waals surface area contributed by atoms with E-state index in [1.54, 1.807) is 17.8 Å². The van der Waals surface area contributed by atoms with Gasteiger partial charge in [0.1, 0.15) is 11.9 Å². The van der Waals surface area contributed by atoms with Crippen LogP contribution in [0, 0.1) is 11.6 Å². The van der Waals surface area contributed by atoms with E-state index in [0.717, 1.165) is 37.0 Å². The molecule has 5 nitrogen and oxygen atoms in total. The van der Waals surface area contributed by atoms with E-state index in [-0.39, 0.29) is 11.9 Å². The summed E-state index contributed by atoms with van der Waals surface area (Å²) in [6.07, 6.45) is 4.42. The molecule has 1 aromatic carbocycles. The van der Waals surface area contributed by atoms with E-state index >= 15 is 0 Å². The maximum Gasteiger partial charge on any atom is 0.191 e. The monoisotopic (exact) mass is 439 g/mol. The molecule has 164 valence electrons. The molecule has 2 unspecified atom stereocenters. The number of benzene rings is 1. The molecular weight excluding hydrogens is 411 g/mol. The van der Waals surface area contributed by atoms with E-state index < -0.39 is 17.8 Å². The van der Waals surface area contributed by atoms with Crippen LogP contribution in [0.25, 0.3) is 0 Å². The van der Waals surface area contributed by atoms with E-state index in [1.807, 2.05) is 0 Å². The summed E-state index contributed by atoms with van der Waals surface area (Å²) in [6.45, 7) is 2.09. The largest absolute Gasteiger partial charge is 0.393 e. The van der Waals surface area contributed by atoms with Gasteiger partial charge in [-0.1, -0.05) is 24.8 Å². The van der Waals surface area contributed by atoms with Crippen LogP contribution in [0.4, 0.5) is 30.5 Å². The lowest BCUT2D eigenvalue weighted by Gasteiger charge is -2.16. The third-order valence-corrected chi connectivity index (χ3v) is 6.14. The molecule has 9 heteroatoms. The lowest BCUT2D eigenvalue weighted by molar-refractivity contribution is 0.341. The third-order valence-electron chi connectivity index (χ3n) is 5.09. The van der Waals surface area contributed by atoms with Crippen LogP contribution in [0.2, 0.25) is 0 Å². The minimum absolute atomic E-state index is 0.0793. The maximum absolute atomic E-state index is 13.2. The van der Waals surface area contributed by atoms with Crippen molar-refractivity contribution in [2.75, 3.05) is 22.5 Å². The summed E-state index contributed by atoms with van der Waals surface area (Å²) < 4.78 is 38.2. The first-order valence-corrected chi connectivity index (χ1v) is 11.3. The molecule has 0 aliphatic heterocycles. The number of nitrogens with two attached hydrogens (primary N) is 2. The number of hydrogen-bond donors (Lipinski definition) is 3. The van der Waals surface area contributed by atoms with Crippen LogP contribution in [-0.2, 0) is 0 Å². The van der Waals surface area contributed by atoms with E-state index in [4.69, 9.17) is 11.5 Å². The Morgan fingerprint density at radius 3 is 2.47 bits per heavy atom. The van der Waals surface area contributed by atoms with E-state index in [9.17, 15) is 13.2 Å². The summed E-state index contributed by atoms with van der Waals surface area (Å²) in [5.74, 6) is 0.753. The number of rotatable bonds is 6. The zero-order chi connectivity index (χ0) is 21.7. The van der Waals surface area contributed by atoms with Gasteiger partial charge in [0.15, 0.2) is 28.4 Å². The van der Waals surface area contributed by atoms with Gasteiger partial charge in [-0.3, -0.25) is 0 Å². The van der Waals surface area contributed by atoms with Crippen molar-refractivity contribution in [2.45, 2.75) is 68.7 Å². The van der Waals surface area contributed by atoms with Gasteiger partial charge in [0.05, 0.1) is 0 Å². The first-order chi connectivity index (χ1) is 14.4. The molecule has 2 aliphatic rings. The molecular formula is C21H28F3N5S. The van der Waals surface area contributed by atoms with E-state index in [1.165, 1.54) is 12.1 Å². The molecule has 0 saturated heterocycles. The van der Waals surface area contributed by atoms with Gasteiger partial charge >= 0.3 is 0 Å². The number of anilines is 3. The Morgan fingerprint density at radius 1 is 1.10 bits per heavy atom. The van der Waals surface area contributed by atoms with Crippen LogP contribution < -0.4 is 16.8 Å². The number of nitrogen functional groups attached to an aromatic ring is 2. The third kappa shape index (κ3) is 6.17. The summed E-state index contributed by atoms with van der Waals surface area (Å²) in [7, 11) is 0. The molecule has 0 amide bonds. The highest BCUT2D eigenvalue weighted by atomic mass is 32.2. The van der Waals surface area contributed by atoms with Gasteiger partial charge in [-0.15, -0.1) is 0 Å². The van der Waals surface area contributed by atoms with Gasteiger partial charge in [0.25, 0.3) is 0 Å².